The molecule has 0 bridgehead atoms. The Kier molecular flexibility index (Phi) is 5.12. The Morgan fingerprint density at radius 3 is 2.36 bits per heavy atom. The third-order valence-electron chi connectivity index (χ3n) is 2.23. The van der Waals surface area contributed by atoms with E-state index >= 15 is 0 Å². The van der Waals surface area contributed by atoms with Gasteiger partial charge in [0, 0.05) is 12.0 Å². The summed E-state index contributed by atoms with van der Waals surface area (Å²) in [4.78, 5) is 10.8. The summed E-state index contributed by atoms with van der Waals surface area (Å²) >= 11 is 0. The van der Waals surface area contributed by atoms with Gasteiger partial charge >= 0.3 is 0 Å². The summed E-state index contributed by atoms with van der Waals surface area (Å²) < 4.78 is 0. The minimum absolute atomic E-state index is 0.108. The van der Waals surface area contributed by atoms with Crippen LogP contribution >= 0.6 is 0 Å². The topological polar surface area (TPSA) is 29.1 Å². The number of carbonyl (C=O) groups excluding carboxylic acids is 1. The molecule has 2 heteroatoms. The molecule has 0 heterocycles. The summed E-state index contributed by atoms with van der Waals surface area (Å²) in [5.74, 6) is 0. The van der Waals surface area contributed by atoms with Gasteiger partial charge in [-0.15, -0.1) is 0 Å². The van der Waals surface area contributed by atoms with E-state index in [1.807, 2.05) is 7.05 Å². The van der Waals surface area contributed by atoms with Crippen molar-refractivity contribution in [3.05, 3.63) is 0 Å². The van der Waals surface area contributed by atoms with Gasteiger partial charge in [0.25, 0.3) is 0 Å². The van der Waals surface area contributed by atoms with Crippen molar-refractivity contribution in [1.82, 2.24) is 5.32 Å². The fraction of sp³-hybridized carbons (Fsp3) is 0.889. The lowest BCUT2D eigenvalue weighted by Gasteiger charge is -2.25. The first-order chi connectivity index (χ1) is 5.24. The zero-order chi connectivity index (χ0) is 8.74. The molecule has 0 spiro atoms. The van der Waals surface area contributed by atoms with E-state index < -0.39 is 0 Å². The molecule has 1 N–H and O–H groups in total. The van der Waals surface area contributed by atoms with E-state index in [0.29, 0.717) is 0 Å². The van der Waals surface area contributed by atoms with Crippen LogP contribution in [0.25, 0.3) is 0 Å². The zero-order valence-electron chi connectivity index (χ0n) is 7.81. The second-order valence-electron chi connectivity index (χ2n) is 3.11. The largest absolute Gasteiger partial charge is 0.319 e. The van der Waals surface area contributed by atoms with Crippen LogP contribution in [0, 0.1) is 5.41 Å². The Hall–Kier alpha value is -0.370. The fourth-order valence-corrected chi connectivity index (χ4v) is 1.42. The molecular formula is C9H19NO. The van der Waals surface area contributed by atoms with Crippen LogP contribution < -0.4 is 5.32 Å². The van der Waals surface area contributed by atoms with Crippen LogP contribution in [0.1, 0.15) is 33.1 Å². The monoisotopic (exact) mass is 157 g/mol. The van der Waals surface area contributed by atoms with Gasteiger partial charge in [0.2, 0.25) is 0 Å². The van der Waals surface area contributed by atoms with Gasteiger partial charge in [-0.3, -0.25) is 0 Å². The highest BCUT2D eigenvalue weighted by atomic mass is 16.1. The van der Waals surface area contributed by atoms with Crippen molar-refractivity contribution in [2.45, 2.75) is 33.1 Å². The highest BCUT2D eigenvalue weighted by Gasteiger charge is 2.25. The van der Waals surface area contributed by atoms with Crippen molar-refractivity contribution in [3.8, 4) is 0 Å². The van der Waals surface area contributed by atoms with E-state index in [1.165, 1.54) is 0 Å². The fourth-order valence-electron chi connectivity index (χ4n) is 1.42. The summed E-state index contributed by atoms with van der Waals surface area (Å²) in [7, 11) is 1.89. The maximum absolute atomic E-state index is 10.8. The summed E-state index contributed by atoms with van der Waals surface area (Å²) in [6.45, 7) is 4.99. The average molecular weight is 157 g/mol. The van der Waals surface area contributed by atoms with Crippen molar-refractivity contribution >= 4 is 6.29 Å². The lowest BCUT2D eigenvalue weighted by atomic mass is 9.82. The molecule has 0 aromatic carbocycles. The molecule has 0 aliphatic heterocycles. The van der Waals surface area contributed by atoms with Crippen LogP contribution in [0.5, 0.6) is 0 Å². The summed E-state index contributed by atoms with van der Waals surface area (Å²) in [5, 5.41) is 3.06. The van der Waals surface area contributed by atoms with Gasteiger partial charge in [-0.25, -0.2) is 0 Å². The Morgan fingerprint density at radius 2 is 2.09 bits per heavy atom. The van der Waals surface area contributed by atoms with Crippen molar-refractivity contribution in [3.63, 3.8) is 0 Å². The molecule has 1 atom stereocenters. The molecule has 0 amide bonds. The van der Waals surface area contributed by atoms with Gasteiger partial charge in [-0.1, -0.05) is 20.3 Å². The van der Waals surface area contributed by atoms with E-state index in [2.05, 4.69) is 19.2 Å². The van der Waals surface area contributed by atoms with Gasteiger partial charge < -0.3 is 10.1 Å². The van der Waals surface area contributed by atoms with Crippen LogP contribution in [-0.4, -0.2) is 19.9 Å². The molecule has 0 saturated carbocycles. The summed E-state index contributed by atoms with van der Waals surface area (Å²) in [6.07, 6.45) is 4.11. The first kappa shape index (κ1) is 10.6. The lowest BCUT2D eigenvalue weighted by Crippen LogP contribution is -2.33. The van der Waals surface area contributed by atoms with E-state index in [4.69, 9.17) is 0 Å². The quantitative estimate of drug-likeness (QED) is 0.593. The highest BCUT2D eigenvalue weighted by molar-refractivity contribution is 5.59. The maximum atomic E-state index is 10.8. The molecule has 0 fully saturated rings. The van der Waals surface area contributed by atoms with E-state index in [9.17, 15) is 4.79 Å². The minimum atomic E-state index is -0.108. The number of nitrogens with one attached hydrogen (secondary N) is 1. The van der Waals surface area contributed by atoms with Gasteiger partial charge in [-0.05, 0) is 19.9 Å². The first-order valence-corrected chi connectivity index (χ1v) is 4.35. The molecule has 1 unspecified atom stereocenters. The zero-order valence-corrected chi connectivity index (χ0v) is 7.81. The van der Waals surface area contributed by atoms with Crippen molar-refractivity contribution in [1.29, 1.82) is 0 Å². The summed E-state index contributed by atoms with van der Waals surface area (Å²) in [6, 6.07) is 0. The normalized spacial score (nSPS) is 15.9. The molecule has 0 aromatic rings. The van der Waals surface area contributed by atoms with E-state index in [0.717, 1.165) is 32.1 Å². The smallest absolute Gasteiger partial charge is 0.127 e. The van der Waals surface area contributed by atoms with Crippen molar-refractivity contribution in [2.75, 3.05) is 13.6 Å². The molecule has 66 valence electrons. The predicted molar refractivity (Wildman–Crippen MR) is 47.6 cm³/mol. The molecule has 0 aromatic heterocycles. The highest BCUT2D eigenvalue weighted by Crippen LogP contribution is 2.24. The predicted octanol–water partition coefficient (Wildman–Crippen LogP) is 1.60. The van der Waals surface area contributed by atoms with Gasteiger partial charge in [0.15, 0.2) is 0 Å². The second kappa shape index (κ2) is 5.30. The van der Waals surface area contributed by atoms with Gasteiger partial charge in [-0.2, -0.15) is 0 Å². The molecule has 11 heavy (non-hydrogen) atoms. The molecule has 0 rings (SSSR count). The van der Waals surface area contributed by atoms with Crippen molar-refractivity contribution < 1.29 is 4.79 Å². The van der Waals surface area contributed by atoms with Crippen molar-refractivity contribution in [2.24, 2.45) is 5.41 Å². The molecule has 0 saturated heterocycles. The number of rotatable bonds is 6. The standard InChI is InChI=1S/C9H19NO/c1-4-6-9(5-2,8-11)7-10-3/h8,10H,4-7H2,1-3H3. The van der Waals surface area contributed by atoms with Gasteiger partial charge in [0.05, 0.1) is 0 Å². The van der Waals surface area contributed by atoms with Gasteiger partial charge in [0.1, 0.15) is 6.29 Å². The third kappa shape index (κ3) is 3.02. The van der Waals surface area contributed by atoms with Crippen LogP contribution in [0.15, 0.2) is 0 Å². The van der Waals surface area contributed by atoms with E-state index in [1.54, 1.807) is 0 Å². The maximum Gasteiger partial charge on any atom is 0.127 e. The molecule has 0 aliphatic rings. The Morgan fingerprint density at radius 1 is 1.45 bits per heavy atom. The Balaban J connectivity index is 4.07. The molecule has 0 aliphatic carbocycles. The molecular weight excluding hydrogens is 138 g/mol. The number of aldehydes is 1. The third-order valence-corrected chi connectivity index (χ3v) is 2.23. The Labute approximate surface area is 69.4 Å². The first-order valence-electron chi connectivity index (χ1n) is 4.35. The Bertz CT molecular complexity index is 106. The van der Waals surface area contributed by atoms with Crippen LogP contribution in [0.4, 0.5) is 0 Å². The van der Waals surface area contributed by atoms with Crippen LogP contribution in [0.3, 0.4) is 0 Å². The number of hydrogen-bond acceptors (Lipinski definition) is 2. The summed E-state index contributed by atoms with van der Waals surface area (Å²) in [5.41, 5.74) is -0.108. The minimum Gasteiger partial charge on any atom is -0.319 e. The SMILES string of the molecule is CCCC(C=O)(CC)CNC. The average Bonchev–Trinajstić information content (AvgIpc) is 2.04. The lowest BCUT2D eigenvalue weighted by molar-refractivity contribution is -0.116. The number of carbonyl (C=O) groups is 1. The second-order valence-corrected chi connectivity index (χ2v) is 3.11. The van der Waals surface area contributed by atoms with Crippen LogP contribution in [-0.2, 0) is 4.79 Å². The van der Waals surface area contributed by atoms with E-state index in [-0.39, 0.29) is 5.41 Å². The molecule has 2 nitrogen and oxygen atoms in total. The molecule has 0 radical (unpaired) electrons. The number of hydrogen-bond donors (Lipinski definition) is 1. The van der Waals surface area contributed by atoms with Crippen LogP contribution in [0.2, 0.25) is 0 Å².